The van der Waals surface area contributed by atoms with E-state index in [-0.39, 0.29) is 98.4 Å². The van der Waals surface area contributed by atoms with Gasteiger partial charge < -0.3 is 88.1 Å². The van der Waals surface area contributed by atoms with E-state index in [0.717, 1.165) is 81.8 Å². The minimum absolute atomic E-state index is 0.0851. The van der Waals surface area contributed by atoms with Crippen molar-refractivity contribution in [2.24, 2.45) is 0 Å². The van der Waals surface area contributed by atoms with E-state index in [1.165, 1.54) is 19.0 Å². The van der Waals surface area contributed by atoms with E-state index in [1.54, 1.807) is 105 Å². The number of aromatic nitrogens is 12. The maximum atomic E-state index is 12.7. The zero-order valence-corrected chi connectivity index (χ0v) is 70.4. The van der Waals surface area contributed by atoms with Gasteiger partial charge in [0.15, 0.2) is 88.5 Å². The second-order valence-corrected chi connectivity index (χ2v) is 32.0. The van der Waals surface area contributed by atoms with Crippen molar-refractivity contribution >= 4 is 93.0 Å². The third-order valence-corrected chi connectivity index (χ3v) is 23.4. The number of nitrogens with zero attached hydrogens (tertiary/aromatic N) is 12. The SMILES string of the molecule is CCCC[C@H]1OC2[C@@H](COCc3ccccc3C(=O)O)O[C@@H](n3cnc4c(NC(=O)NC5CCCC5)ncnc43)[C@H]2O1.CCNC(=O)Nc1ncnc2c1ncn2[C@@H]1O[C@H](COCc2ccccc2C(=O)O)C2O[C@H](c3ccccc3)O[C@@H]21.O=C(Nc1ncnc2c1ncn2[C@@H]1O[C@H](COCc2ccccc2C(=O)O)C2O[C@H](/C=C/c3ccccc3)O[C@@H]21)NC1CCCC1. The summed E-state index contributed by atoms with van der Waals surface area (Å²) in [5, 5.41) is 45.5. The Hall–Kier alpha value is -12.8. The number of rotatable bonds is 30. The molecular weight excluding hydrogens is 1670 g/mol. The summed E-state index contributed by atoms with van der Waals surface area (Å²) in [5.41, 5.74) is 6.75. The van der Waals surface area contributed by atoms with Crippen LogP contribution < -0.4 is 31.9 Å². The molecule has 2 saturated carbocycles. The summed E-state index contributed by atoms with van der Waals surface area (Å²) in [4.78, 5) is 112. The van der Waals surface area contributed by atoms with Crippen molar-refractivity contribution in [3.63, 3.8) is 0 Å². The Kier molecular flexibility index (Phi) is 28.1. The molecule has 0 radical (unpaired) electrons. The molecular formula is C90H98N18O21. The Labute approximate surface area is 738 Å². The highest BCUT2D eigenvalue weighted by molar-refractivity contribution is 5.98. The Balaban J connectivity index is 0.000000136. The van der Waals surface area contributed by atoms with Crippen molar-refractivity contribution < 1.29 is 101 Å². The average molecular weight is 1770 g/mol. The fourth-order valence-electron chi connectivity index (χ4n) is 17.2. The molecule has 0 spiro atoms. The number of benzene rings is 5. The molecule has 9 N–H and O–H groups in total. The lowest BCUT2D eigenvalue weighted by Crippen LogP contribution is -2.36. The van der Waals surface area contributed by atoms with Crippen LogP contribution in [0.4, 0.5) is 31.8 Å². The molecule has 6 amide bonds. The summed E-state index contributed by atoms with van der Waals surface area (Å²) in [6.07, 6.45) is 15.6. The standard InChI is InChI=1S/C33H34N6O7.C29H36N6O7.C28H28N6O7/c40-32(41)23-13-7-4-10-21(23)16-43-17-24-27-28(46-25(45-27)15-14-20-8-2-1-3-9-20)31(44-24)39-19-36-26-29(34-18-35-30(26)39)38-33(42)37-22-11-5-6-12-22;1-2-3-12-21-41-23-20(14-39-13-17-8-4-7-11-19(17)28(36)37)40-27(24(23)42-21)35-16-32-22-25(30-15-31-26(22)35)34-29(38)33-18-9-5-6-10-18;1-2-29-28(37)33-23-20-24(31-14-30-23)34(15-32-20)25-22-21(40-27(41-22)16-8-4-3-5-9-16)19(39-25)13-38-12-17-10-6-7-11-18(17)26(35)36/h1-4,7-10,13-15,18-19,22,24-25,27-28,31H,5-6,11-12,16-17H2,(H,40,41)(H2,34,35,37,38,42);4,7-8,11,15-16,18,20-21,23-24,27H,2-3,5-6,9-10,12-14H2,1H3,(H,36,37)(H2,30,31,33,34,38);3-11,14-15,19,21-22,25,27H,2,12-13H2,1H3,(H,35,36)(H2,29,30,31,33,37)/b15-14+;;/t24-,25+,27?,28+,31-;20-,21+,23?,24+,27-;19-,21?,22+,25-,27+/m111/s1. The first-order valence-corrected chi connectivity index (χ1v) is 43.1. The number of unbranched alkanes of at least 4 members (excludes halogenated alkanes) is 1. The van der Waals surface area contributed by atoms with Crippen molar-refractivity contribution in [2.75, 3.05) is 42.3 Å². The quantitative estimate of drug-likeness (QED) is 0.0202. The molecule has 674 valence electrons. The van der Waals surface area contributed by atoms with Crippen LogP contribution in [0.3, 0.4) is 0 Å². The maximum absolute atomic E-state index is 12.7. The maximum Gasteiger partial charge on any atom is 0.336 e. The topological polar surface area (TPSA) is 477 Å². The number of nitrogens with one attached hydrogen (secondary N) is 6. The van der Waals surface area contributed by atoms with E-state index in [0.29, 0.717) is 62.5 Å². The lowest BCUT2D eigenvalue weighted by atomic mass is 10.1. The highest BCUT2D eigenvalue weighted by Gasteiger charge is 2.57. The minimum atomic E-state index is -1.02. The predicted molar refractivity (Wildman–Crippen MR) is 459 cm³/mol. The molecule has 3 unspecified atom stereocenters. The molecule has 8 fully saturated rings. The number of carbonyl (C=O) groups excluding carboxylic acids is 3. The van der Waals surface area contributed by atoms with E-state index >= 15 is 0 Å². The number of carbonyl (C=O) groups is 6. The molecule has 39 heteroatoms. The molecule has 129 heavy (non-hydrogen) atoms. The van der Waals surface area contributed by atoms with Gasteiger partial charge in [0.25, 0.3) is 0 Å². The number of ether oxygens (including phenoxy) is 12. The third kappa shape index (κ3) is 20.4. The van der Waals surface area contributed by atoms with Crippen molar-refractivity contribution in [2.45, 2.75) is 209 Å². The van der Waals surface area contributed by atoms with Crippen LogP contribution in [0.15, 0.2) is 178 Å². The van der Waals surface area contributed by atoms with Gasteiger partial charge in [-0.1, -0.05) is 160 Å². The molecule has 6 aromatic heterocycles. The van der Waals surface area contributed by atoms with Gasteiger partial charge in [0.1, 0.15) is 73.9 Å². The zero-order chi connectivity index (χ0) is 88.9. The smallest absolute Gasteiger partial charge is 0.336 e. The Bertz CT molecular complexity index is 5780. The highest BCUT2D eigenvalue weighted by Crippen LogP contribution is 2.47. The second kappa shape index (κ2) is 41.1. The number of hydrogen-bond acceptors (Lipinski definition) is 27. The van der Waals surface area contributed by atoms with Crippen LogP contribution in [0.1, 0.15) is 168 Å². The summed E-state index contributed by atoms with van der Waals surface area (Å²) in [6, 6.07) is 38.9. The van der Waals surface area contributed by atoms with E-state index in [9.17, 15) is 44.1 Å². The molecule has 2 aliphatic carbocycles. The van der Waals surface area contributed by atoms with Crippen molar-refractivity contribution in [3.8, 4) is 0 Å². The number of aromatic carboxylic acids is 3. The van der Waals surface area contributed by atoms with Gasteiger partial charge in [0.05, 0.1) is 75.3 Å². The summed E-state index contributed by atoms with van der Waals surface area (Å²) >= 11 is 0. The normalized spacial score (nSPS) is 24.5. The molecule has 0 bridgehead atoms. The second-order valence-electron chi connectivity index (χ2n) is 32.0. The Morgan fingerprint density at radius 2 is 0.798 bits per heavy atom. The van der Waals surface area contributed by atoms with Gasteiger partial charge in [-0.05, 0) is 92.0 Å². The molecule has 12 heterocycles. The molecule has 19 rings (SSSR count). The summed E-state index contributed by atoms with van der Waals surface area (Å²) in [7, 11) is 0. The number of amides is 6. The number of imidazole rings is 3. The lowest BCUT2D eigenvalue weighted by molar-refractivity contribution is -0.158. The van der Waals surface area contributed by atoms with Gasteiger partial charge >= 0.3 is 36.0 Å². The van der Waals surface area contributed by atoms with Gasteiger partial charge in [-0.25, -0.2) is 73.6 Å². The van der Waals surface area contributed by atoms with Crippen LogP contribution in [0, 0.1) is 0 Å². The summed E-state index contributed by atoms with van der Waals surface area (Å²) in [6.45, 7) is 5.10. The zero-order valence-electron chi connectivity index (χ0n) is 70.4. The summed E-state index contributed by atoms with van der Waals surface area (Å²) < 4.78 is 80.5. The number of urea groups is 3. The Morgan fingerprint density at radius 1 is 0.426 bits per heavy atom. The predicted octanol–water partition coefficient (Wildman–Crippen LogP) is 11.8. The number of hydrogen-bond donors (Lipinski definition) is 9. The molecule has 6 aliphatic heterocycles. The van der Waals surface area contributed by atoms with Crippen molar-refractivity contribution in [1.82, 2.24) is 74.5 Å². The van der Waals surface area contributed by atoms with Gasteiger partial charge in [0, 0.05) is 24.2 Å². The van der Waals surface area contributed by atoms with E-state index in [2.05, 4.69) is 83.7 Å². The molecule has 8 aliphatic rings. The first-order valence-electron chi connectivity index (χ1n) is 43.1. The largest absolute Gasteiger partial charge is 0.478 e. The number of carboxylic acid groups (broad SMARTS) is 3. The van der Waals surface area contributed by atoms with Gasteiger partial charge in [-0.3, -0.25) is 29.7 Å². The molecule has 11 aromatic rings. The summed E-state index contributed by atoms with van der Waals surface area (Å²) in [5.74, 6) is -2.18. The average Bonchev–Trinajstić information content (AvgIpc) is 1.50. The van der Waals surface area contributed by atoms with E-state index in [4.69, 9.17) is 56.8 Å². The van der Waals surface area contributed by atoms with Crippen LogP contribution in [-0.2, 0) is 76.7 Å². The van der Waals surface area contributed by atoms with Crippen LogP contribution in [-0.4, -0.2) is 216 Å². The van der Waals surface area contributed by atoms with Crippen LogP contribution in [0.2, 0.25) is 0 Å². The molecule has 15 atom stereocenters. The fraction of sp³-hybridized carbons (Fsp3) is 0.411. The van der Waals surface area contributed by atoms with Crippen LogP contribution in [0.5, 0.6) is 0 Å². The first-order chi connectivity index (χ1) is 63.1. The number of carboxylic acids is 3. The first kappa shape index (κ1) is 88.3. The molecule has 6 saturated heterocycles. The van der Waals surface area contributed by atoms with E-state index < -0.39 is 110 Å². The number of fused-ring (bicyclic) bond motifs is 6. The van der Waals surface area contributed by atoms with Crippen LogP contribution in [0.25, 0.3) is 39.6 Å². The third-order valence-electron chi connectivity index (χ3n) is 23.4. The van der Waals surface area contributed by atoms with E-state index in [1.807, 2.05) is 79.7 Å². The minimum Gasteiger partial charge on any atom is -0.478 e. The monoisotopic (exact) mass is 1770 g/mol. The Morgan fingerprint density at radius 3 is 1.23 bits per heavy atom. The highest BCUT2D eigenvalue weighted by atomic mass is 16.8. The van der Waals surface area contributed by atoms with Gasteiger partial charge in [-0.15, -0.1) is 0 Å². The fourth-order valence-corrected chi connectivity index (χ4v) is 17.2. The van der Waals surface area contributed by atoms with Gasteiger partial charge in [-0.2, -0.15) is 0 Å². The molecule has 5 aromatic carbocycles. The van der Waals surface area contributed by atoms with Crippen molar-refractivity contribution in [1.29, 1.82) is 0 Å². The number of anilines is 3. The molecule has 39 nitrogen and oxygen atoms in total. The van der Waals surface area contributed by atoms with Gasteiger partial charge in [0.2, 0.25) is 0 Å². The van der Waals surface area contributed by atoms with Crippen molar-refractivity contribution in [3.05, 3.63) is 222 Å². The lowest BCUT2D eigenvalue weighted by Gasteiger charge is -2.21. The van der Waals surface area contributed by atoms with Crippen LogP contribution >= 0.6 is 0 Å².